The van der Waals surface area contributed by atoms with Gasteiger partial charge < -0.3 is 20.6 Å². The first kappa shape index (κ1) is 12.9. The minimum Gasteiger partial charge on any atom is -0.485 e. The fourth-order valence-corrected chi connectivity index (χ4v) is 2.08. The van der Waals surface area contributed by atoms with Crippen molar-refractivity contribution >= 4 is 17.2 Å². The molecule has 7 heteroatoms. The van der Waals surface area contributed by atoms with Crippen molar-refractivity contribution in [3.05, 3.63) is 64.5 Å². The lowest BCUT2D eigenvalue weighted by Gasteiger charge is -2.06. The maximum Gasteiger partial charge on any atom is 0.354 e. The van der Waals surface area contributed by atoms with Crippen molar-refractivity contribution in [2.45, 2.75) is 6.61 Å². The third-order valence-electron chi connectivity index (χ3n) is 3.03. The van der Waals surface area contributed by atoms with Crippen molar-refractivity contribution in [2.24, 2.45) is 0 Å². The number of imidazole rings is 1. The van der Waals surface area contributed by atoms with Crippen molar-refractivity contribution < 1.29 is 9.66 Å². The molecule has 2 aromatic heterocycles. The minimum absolute atomic E-state index is 0.0216. The van der Waals surface area contributed by atoms with E-state index in [9.17, 15) is 10.1 Å². The van der Waals surface area contributed by atoms with Crippen LogP contribution in [-0.4, -0.2) is 14.3 Å². The normalized spacial score (nSPS) is 10.7. The van der Waals surface area contributed by atoms with E-state index in [4.69, 9.17) is 10.5 Å². The first-order valence-corrected chi connectivity index (χ1v) is 6.24. The van der Waals surface area contributed by atoms with E-state index in [-0.39, 0.29) is 18.1 Å². The molecular formula is C14H12N4O3. The van der Waals surface area contributed by atoms with Gasteiger partial charge in [0.15, 0.2) is 5.69 Å². The highest BCUT2D eigenvalue weighted by Crippen LogP contribution is 2.25. The highest BCUT2D eigenvalue weighted by atomic mass is 16.6. The number of nitro groups is 1. The molecule has 0 aliphatic carbocycles. The largest absolute Gasteiger partial charge is 0.485 e. The summed E-state index contributed by atoms with van der Waals surface area (Å²) in [6.07, 6.45) is 1.60. The lowest BCUT2D eigenvalue weighted by Crippen LogP contribution is -2.02. The second-order valence-corrected chi connectivity index (χ2v) is 4.39. The number of pyridine rings is 1. The summed E-state index contributed by atoms with van der Waals surface area (Å²) in [6, 6.07) is 12.2. The molecule has 0 radical (unpaired) electrons. The van der Waals surface area contributed by atoms with Gasteiger partial charge in [0.05, 0.1) is 11.9 Å². The predicted octanol–water partition coefficient (Wildman–Crippen LogP) is 2.40. The fourth-order valence-electron chi connectivity index (χ4n) is 2.08. The van der Waals surface area contributed by atoms with Gasteiger partial charge >= 0.3 is 5.82 Å². The highest BCUT2D eigenvalue weighted by molar-refractivity contribution is 5.52. The molecule has 0 fully saturated rings. The van der Waals surface area contributed by atoms with E-state index in [1.807, 2.05) is 0 Å². The third kappa shape index (κ3) is 2.36. The van der Waals surface area contributed by atoms with Crippen LogP contribution in [0.4, 0.5) is 11.5 Å². The summed E-state index contributed by atoms with van der Waals surface area (Å²) in [6.45, 7) is -0.0216. The molecule has 1 aromatic carbocycles. The van der Waals surface area contributed by atoms with E-state index >= 15 is 0 Å². The van der Waals surface area contributed by atoms with Crippen LogP contribution in [0.25, 0.3) is 5.65 Å². The van der Waals surface area contributed by atoms with Crippen molar-refractivity contribution in [2.75, 3.05) is 5.73 Å². The van der Waals surface area contributed by atoms with Crippen LogP contribution in [0.15, 0.2) is 48.7 Å². The first-order valence-electron chi connectivity index (χ1n) is 6.24. The molecular weight excluding hydrogens is 272 g/mol. The molecule has 0 amide bonds. The monoisotopic (exact) mass is 284 g/mol. The molecule has 0 aliphatic heterocycles. The molecule has 0 atom stereocenters. The molecule has 3 rings (SSSR count). The average Bonchev–Trinajstić information content (AvgIpc) is 2.85. The summed E-state index contributed by atoms with van der Waals surface area (Å²) in [5, 5.41) is 11.2. The molecule has 0 unspecified atom stereocenters. The number of hydrogen-bond acceptors (Lipinski definition) is 5. The van der Waals surface area contributed by atoms with Crippen LogP contribution in [0.3, 0.4) is 0 Å². The Balaban J connectivity index is 1.95. The van der Waals surface area contributed by atoms with Gasteiger partial charge in [0.2, 0.25) is 5.65 Å². The number of nitrogen functional groups attached to an aromatic ring is 1. The van der Waals surface area contributed by atoms with Crippen LogP contribution in [-0.2, 0) is 6.61 Å². The van der Waals surface area contributed by atoms with Gasteiger partial charge in [0.25, 0.3) is 0 Å². The number of ether oxygens (including phenoxy) is 1. The Hall–Kier alpha value is -3.09. The van der Waals surface area contributed by atoms with Crippen LogP contribution in [0.1, 0.15) is 5.69 Å². The van der Waals surface area contributed by atoms with Crippen LogP contribution >= 0.6 is 0 Å². The number of fused-ring (bicyclic) bond motifs is 1. The summed E-state index contributed by atoms with van der Waals surface area (Å²) < 4.78 is 6.96. The minimum atomic E-state index is -0.465. The summed E-state index contributed by atoms with van der Waals surface area (Å²) in [7, 11) is 0. The van der Waals surface area contributed by atoms with Crippen molar-refractivity contribution in [3.63, 3.8) is 0 Å². The number of aromatic nitrogens is 2. The summed E-state index contributed by atoms with van der Waals surface area (Å²) in [5.74, 6) is 0.379. The van der Waals surface area contributed by atoms with Crippen molar-refractivity contribution in [1.29, 1.82) is 0 Å². The molecule has 0 saturated carbocycles. The Morgan fingerprint density at radius 1 is 1.24 bits per heavy atom. The zero-order chi connectivity index (χ0) is 14.8. The van der Waals surface area contributed by atoms with Crippen molar-refractivity contribution in [3.8, 4) is 5.75 Å². The van der Waals surface area contributed by atoms with Crippen LogP contribution in [0, 0.1) is 10.1 Å². The summed E-state index contributed by atoms with van der Waals surface area (Å²) in [4.78, 5) is 15.0. The van der Waals surface area contributed by atoms with Gasteiger partial charge in [0, 0.05) is 6.07 Å². The van der Waals surface area contributed by atoms with Crippen LogP contribution < -0.4 is 10.5 Å². The van der Waals surface area contributed by atoms with E-state index < -0.39 is 4.92 Å². The smallest absolute Gasteiger partial charge is 0.354 e. The van der Waals surface area contributed by atoms with Crippen molar-refractivity contribution in [1.82, 2.24) is 9.38 Å². The number of nitrogens with two attached hydrogens (primary N) is 1. The van der Waals surface area contributed by atoms with E-state index in [1.54, 1.807) is 48.7 Å². The van der Waals surface area contributed by atoms with Gasteiger partial charge in [-0.2, -0.15) is 4.40 Å². The molecule has 2 N–H and O–H groups in total. The summed E-state index contributed by atoms with van der Waals surface area (Å²) >= 11 is 0. The zero-order valence-corrected chi connectivity index (χ0v) is 11.0. The van der Waals surface area contributed by atoms with E-state index in [0.717, 1.165) is 0 Å². The molecule has 21 heavy (non-hydrogen) atoms. The quantitative estimate of drug-likeness (QED) is 0.451. The molecule has 0 bridgehead atoms. The molecule has 2 heterocycles. The number of hydrogen-bond donors (Lipinski definition) is 1. The Morgan fingerprint density at radius 2 is 2.00 bits per heavy atom. The van der Waals surface area contributed by atoms with E-state index in [2.05, 4.69) is 4.98 Å². The number of para-hydroxylation sites is 2. The van der Waals surface area contributed by atoms with Gasteiger partial charge in [-0.3, -0.25) is 0 Å². The maximum absolute atomic E-state index is 11.2. The Morgan fingerprint density at radius 3 is 2.76 bits per heavy atom. The zero-order valence-electron chi connectivity index (χ0n) is 11.0. The first-order chi connectivity index (χ1) is 10.2. The lowest BCUT2D eigenvalue weighted by atomic mass is 10.3. The summed E-state index contributed by atoms with van der Waals surface area (Å²) in [5.41, 5.74) is 7.01. The molecule has 0 spiro atoms. The third-order valence-corrected chi connectivity index (χ3v) is 3.03. The second-order valence-electron chi connectivity index (χ2n) is 4.39. The average molecular weight is 284 g/mol. The number of anilines is 1. The Kier molecular flexibility index (Phi) is 3.15. The molecule has 0 aliphatic rings. The highest BCUT2D eigenvalue weighted by Gasteiger charge is 2.22. The second kappa shape index (κ2) is 5.12. The van der Waals surface area contributed by atoms with Gasteiger partial charge in [-0.05, 0) is 23.1 Å². The maximum atomic E-state index is 11.2. The van der Waals surface area contributed by atoms with Crippen LogP contribution in [0.5, 0.6) is 5.75 Å². The Bertz CT molecular complexity index is 813. The lowest BCUT2D eigenvalue weighted by molar-refractivity contribution is -0.391. The van der Waals surface area contributed by atoms with Gasteiger partial charge in [0.1, 0.15) is 12.4 Å². The topological polar surface area (TPSA) is 95.7 Å². The number of benzene rings is 1. The SMILES string of the molecule is Nc1ccccc1OCc1nc2ccccn2c1[N+](=O)[O-]. The van der Waals surface area contributed by atoms with Gasteiger partial charge in [-0.1, -0.05) is 18.2 Å². The van der Waals surface area contributed by atoms with Gasteiger partial charge in [-0.25, -0.2) is 4.98 Å². The Labute approximate surface area is 119 Å². The standard InChI is InChI=1S/C14H12N4O3/c15-10-5-1-2-6-12(10)21-9-11-14(18(19)20)17-8-4-3-7-13(17)16-11/h1-8H,9,15H2. The number of nitrogens with zero attached hydrogens (tertiary/aromatic N) is 3. The molecule has 3 aromatic rings. The van der Waals surface area contributed by atoms with Crippen LogP contribution in [0.2, 0.25) is 0 Å². The van der Waals surface area contributed by atoms with Gasteiger partial charge in [-0.15, -0.1) is 0 Å². The molecule has 106 valence electrons. The predicted molar refractivity (Wildman–Crippen MR) is 77.0 cm³/mol. The fraction of sp³-hybridized carbons (Fsp3) is 0.0714. The van der Waals surface area contributed by atoms with E-state index in [0.29, 0.717) is 17.1 Å². The van der Waals surface area contributed by atoms with E-state index in [1.165, 1.54) is 4.40 Å². The number of rotatable bonds is 4. The molecule has 7 nitrogen and oxygen atoms in total. The molecule has 0 saturated heterocycles.